The van der Waals surface area contributed by atoms with Gasteiger partial charge < -0.3 is 0 Å². The van der Waals surface area contributed by atoms with E-state index < -0.39 is 0 Å². The molecule has 0 spiro atoms. The number of hydrogen-bond donors (Lipinski definition) is 0. The second kappa shape index (κ2) is 5.19. The third kappa shape index (κ3) is 2.60. The van der Waals surface area contributed by atoms with E-state index in [1.807, 2.05) is 0 Å². The Morgan fingerprint density at radius 2 is 1.71 bits per heavy atom. The molecule has 14 heavy (non-hydrogen) atoms. The first-order valence-corrected chi connectivity index (χ1v) is 6.00. The summed E-state index contributed by atoms with van der Waals surface area (Å²) in [4.78, 5) is 0. The topological polar surface area (TPSA) is 0 Å². The van der Waals surface area contributed by atoms with Gasteiger partial charge in [-0.25, -0.2) is 0 Å². The van der Waals surface area contributed by atoms with Crippen molar-refractivity contribution < 1.29 is 0 Å². The highest BCUT2D eigenvalue weighted by atomic mass is 14.2. The van der Waals surface area contributed by atoms with Crippen molar-refractivity contribution in [3.8, 4) is 0 Å². The molecule has 2 aliphatic rings. The van der Waals surface area contributed by atoms with Gasteiger partial charge in [0, 0.05) is 0 Å². The molecule has 76 valence electrons. The fraction of sp³-hybridized carbons (Fsp3) is 0.571. The van der Waals surface area contributed by atoms with Crippen LogP contribution in [0.1, 0.15) is 44.9 Å². The first-order valence-electron chi connectivity index (χ1n) is 6.00. The molecular weight excluding hydrogens is 168 g/mol. The Balaban J connectivity index is 2.01. The molecule has 0 saturated heterocycles. The van der Waals surface area contributed by atoms with Crippen LogP contribution in [0.5, 0.6) is 0 Å². The molecule has 0 aromatic rings. The summed E-state index contributed by atoms with van der Waals surface area (Å²) in [5, 5.41) is 0. The lowest BCUT2D eigenvalue weighted by Crippen LogP contribution is -2.00. The van der Waals surface area contributed by atoms with Gasteiger partial charge >= 0.3 is 0 Å². The van der Waals surface area contributed by atoms with Crippen molar-refractivity contribution >= 4 is 0 Å². The molecule has 0 unspecified atom stereocenters. The molecule has 0 aromatic carbocycles. The molecule has 0 aliphatic heterocycles. The lowest BCUT2D eigenvalue weighted by Gasteiger charge is -2.15. The molecular formula is C14H20. The van der Waals surface area contributed by atoms with Crippen LogP contribution >= 0.6 is 0 Å². The Labute approximate surface area is 87.4 Å². The highest BCUT2D eigenvalue weighted by Gasteiger charge is 2.14. The van der Waals surface area contributed by atoms with Crippen molar-refractivity contribution in [2.45, 2.75) is 44.9 Å². The van der Waals surface area contributed by atoms with Crippen LogP contribution in [0.3, 0.4) is 0 Å². The first-order chi connectivity index (χ1) is 6.97. The summed E-state index contributed by atoms with van der Waals surface area (Å²) < 4.78 is 0. The molecule has 0 radical (unpaired) electrons. The quantitative estimate of drug-likeness (QED) is 0.535. The summed E-state index contributed by atoms with van der Waals surface area (Å²) in [5.41, 5.74) is 1.59. The van der Waals surface area contributed by atoms with Crippen molar-refractivity contribution in [2.75, 3.05) is 0 Å². The van der Waals surface area contributed by atoms with Crippen LogP contribution in [0, 0.1) is 5.92 Å². The highest BCUT2D eigenvalue weighted by Crippen LogP contribution is 2.30. The molecule has 0 amide bonds. The maximum Gasteiger partial charge on any atom is -0.0160 e. The molecule has 2 rings (SSSR count). The lowest BCUT2D eigenvalue weighted by atomic mass is 9.91. The van der Waals surface area contributed by atoms with E-state index in [0.29, 0.717) is 0 Å². The standard InChI is InChI=1S/C14H20/c1-2-6-10-13(9-5-1)14-11-7-3-4-8-12-14/h1-2,5,9-10,14H,3-4,6-8,11-12H2. The summed E-state index contributed by atoms with van der Waals surface area (Å²) in [6, 6.07) is 0. The van der Waals surface area contributed by atoms with E-state index in [2.05, 4.69) is 30.4 Å². The average Bonchev–Trinajstić information content (AvgIpc) is 2.62. The Kier molecular flexibility index (Phi) is 3.62. The van der Waals surface area contributed by atoms with E-state index in [9.17, 15) is 0 Å². The molecule has 0 atom stereocenters. The predicted molar refractivity (Wildman–Crippen MR) is 62.2 cm³/mol. The second-order valence-electron chi connectivity index (χ2n) is 4.42. The maximum absolute atomic E-state index is 2.41. The van der Waals surface area contributed by atoms with Crippen LogP contribution in [0.4, 0.5) is 0 Å². The van der Waals surface area contributed by atoms with Crippen LogP contribution in [0.25, 0.3) is 0 Å². The Hall–Kier alpha value is -0.780. The van der Waals surface area contributed by atoms with Gasteiger partial charge in [-0.2, -0.15) is 0 Å². The van der Waals surface area contributed by atoms with Crippen molar-refractivity contribution in [1.29, 1.82) is 0 Å². The number of allylic oxidation sites excluding steroid dienone is 6. The minimum absolute atomic E-state index is 0.855. The van der Waals surface area contributed by atoms with Crippen LogP contribution in [0.2, 0.25) is 0 Å². The lowest BCUT2D eigenvalue weighted by molar-refractivity contribution is 0.539. The van der Waals surface area contributed by atoms with Gasteiger partial charge in [-0.05, 0) is 30.8 Å². The number of hydrogen-bond acceptors (Lipinski definition) is 0. The van der Waals surface area contributed by atoms with E-state index in [0.717, 1.165) is 12.3 Å². The molecule has 0 N–H and O–H groups in total. The van der Waals surface area contributed by atoms with E-state index >= 15 is 0 Å². The first kappa shape index (κ1) is 9.76. The Bertz CT molecular complexity index is 247. The second-order valence-corrected chi connectivity index (χ2v) is 4.42. The molecule has 1 saturated carbocycles. The molecule has 0 heteroatoms. The van der Waals surface area contributed by atoms with Crippen LogP contribution in [0.15, 0.2) is 36.0 Å². The molecule has 0 nitrogen and oxygen atoms in total. The Morgan fingerprint density at radius 1 is 0.929 bits per heavy atom. The van der Waals surface area contributed by atoms with Gasteiger partial charge in [0.05, 0.1) is 0 Å². The third-order valence-corrected chi connectivity index (χ3v) is 3.35. The van der Waals surface area contributed by atoms with Gasteiger partial charge in [-0.15, -0.1) is 0 Å². The highest BCUT2D eigenvalue weighted by molar-refractivity contribution is 5.28. The minimum atomic E-state index is 0.855. The van der Waals surface area contributed by atoms with Gasteiger partial charge in [0.2, 0.25) is 0 Å². The summed E-state index contributed by atoms with van der Waals surface area (Å²) in [6.07, 6.45) is 21.1. The summed E-state index contributed by atoms with van der Waals surface area (Å²) in [7, 11) is 0. The van der Waals surface area contributed by atoms with E-state index in [1.165, 1.54) is 38.5 Å². The normalized spacial score (nSPS) is 24.1. The predicted octanol–water partition coefficient (Wildman–Crippen LogP) is 4.40. The third-order valence-electron chi connectivity index (χ3n) is 3.35. The maximum atomic E-state index is 2.41. The molecule has 1 fully saturated rings. The average molecular weight is 188 g/mol. The fourth-order valence-electron chi connectivity index (χ4n) is 2.51. The van der Waals surface area contributed by atoms with Gasteiger partial charge in [-0.1, -0.05) is 56.1 Å². The summed E-state index contributed by atoms with van der Waals surface area (Å²) in [6.45, 7) is 0. The molecule has 0 heterocycles. The zero-order chi connectivity index (χ0) is 9.64. The van der Waals surface area contributed by atoms with E-state index in [4.69, 9.17) is 0 Å². The van der Waals surface area contributed by atoms with Crippen molar-refractivity contribution in [3.63, 3.8) is 0 Å². The van der Waals surface area contributed by atoms with Crippen molar-refractivity contribution in [3.05, 3.63) is 36.0 Å². The largest absolute Gasteiger partial charge is 0.0807 e. The summed E-state index contributed by atoms with van der Waals surface area (Å²) >= 11 is 0. The van der Waals surface area contributed by atoms with Crippen LogP contribution in [-0.2, 0) is 0 Å². The van der Waals surface area contributed by atoms with Gasteiger partial charge in [0.1, 0.15) is 0 Å². The zero-order valence-electron chi connectivity index (χ0n) is 8.91. The van der Waals surface area contributed by atoms with Crippen molar-refractivity contribution in [1.82, 2.24) is 0 Å². The minimum Gasteiger partial charge on any atom is -0.0807 e. The molecule has 2 aliphatic carbocycles. The van der Waals surface area contributed by atoms with Gasteiger partial charge in [0.25, 0.3) is 0 Å². The van der Waals surface area contributed by atoms with Gasteiger partial charge in [0.15, 0.2) is 0 Å². The number of rotatable bonds is 1. The monoisotopic (exact) mass is 188 g/mol. The SMILES string of the molecule is C1=CCC=C(C2CCCCCC2)C=C1. The van der Waals surface area contributed by atoms with E-state index in [-0.39, 0.29) is 0 Å². The zero-order valence-corrected chi connectivity index (χ0v) is 8.91. The van der Waals surface area contributed by atoms with E-state index in [1.54, 1.807) is 5.57 Å². The fourth-order valence-corrected chi connectivity index (χ4v) is 2.51. The smallest absolute Gasteiger partial charge is 0.0160 e. The van der Waals surface area contributed by atoms with Crippen molar-refractivity contribution in [2.24, 2.45) is 5.92 Å². The summed E-state index contributed by atoms with van der Waals surface area (Å²) in [5.74, 6) is 0.855. The van der Waals surface area contributed by atoms with Gasteiger partial charge in [-0.3, -0.25) is 0 Å². The molecule has 0 aromatic heterocycles. The Morgan fingerprint density at radius 3 is 2.50 bits per heavy atom. The van der Waals surface area contributed by atoms with Crippen LogP contribution in [-0.4, -0.2) is 0 Å². The molecule has 0 bridgehead atoms. The van der Waals surface area contributed by atoms with Crippen LogP contribution < -0.4 is 0 Å².